The molecule has 0 aliphatic carbocycles. The Kier molecular flexibility index (Phi) is 2.63. The average Bonchev–Trinajstić information content (AvgIpc) is 2.83. The molecule has 0 radical (unpaired) electrons. The number of epoxide rings is 1. The molecule has 2 saturated heterocycles. The van der Waals surface area contributed by atoms with Crippen molar-refractivity contribution in [1.82, 2.24) is 0 Å². The summed E-state index contributed by atoms with van der Waals surface area (Å²) in [6.45, 7) is 8.32. The van der Waals surface area contributed by atoms with E-state index in [1.807, 2.05) is 27.7 Å². The third-order valence-electron chi connectivity index (χ3n) is 4.22. The molecule has 0 spiro atoms. The van der Waals surface area contributed by atoms with Crippen molar-refractivity contribution in [2.24, 2.45) is 5.92 Å². The molecule has 4 heteroatoms. The lowest BCUT2D eigenvalue weighted by molar-refractivity contribution is -1.14. The van der Waals surface area contributed by atoms with Crippen LogP contribution in [0.5, 0.6) is 0 Å². The molecule has 4 nitrogen and oxygen atoms in total. The molecule has 0 aromatic heterocycles. The SMILES string of the molecule is CC1(C)CC(CC2CO2)CC(C)(C)[N+]1([O-])O. The zero-order valence-corrected chi connectivity index (χ0v) is 10.7. The number of quaternary nitrogens is 1. The Hall–Kier alpha value is -0.160. The molecule has 1 atom stereocenters. The van der Waals surface area contributed by atoms with Gasteiger partial charge in [-0.15, -0.1) is 0 Å². The van der Waals surface area contributed by atoms with E-state index in [2.05, 4.69) is 0 Å². The zero-order valence-electron chi connectivity index (χ0n) is 10.7. The predicted molar refractivity (Wildman–Crippen MR) is 60.7 cm³/mol. The first kappa shape index (κ1) is 12.3. The third-order valence-corrected chi connectivity index (χ3v) is 4.22. The van der Waals surface area contributed by atoms with Crippen LogP contribution < -0.4 is 0 Å². The second-order valence-corrected chi connectivity index (χ2v) is 6.67. The number of hydrogen-bond donors (Lipinski definition) is 1. The predicted octanol–water partition coefficient (Wildman–Crippen LogP) is 2.45. The summed E-state index contributed by atoms with van der Waals surface area (Å²) in [6.07, 6.45) is 2.99. The summed E-state index contributed by atoms with van der Waals surface area (Å²) in [5, 5.41) is 22.5. The highest BCUT2D eigenvalue weighted by atomic mass is 16.8. The molecule has 0 amide bonds. The van der Waals surface area contributed by atoms with Gasteiger partial charge in [0.15, 0.2) is 0 Å². The van der Waals surface area contributed by atoms with Crippen LogP contribution in [0.25, 0.3) is 0 Å². The van der Waals surface area contributed by atoms with E-state index >= 15 is 0 Å². The van der Waals surface area contributed by atoms with Crippen LogP contribution >= 0.6 is 0 Å². The Balaban J connectivity index is 2.14. The molecule has 2 aliphatic rings. The molecule has 0 bridgehead atoms. The first-order valence-electron chi connectivity index (χ1n) is 6.10. The summed E-state index contributed by atoms with van der Waals surface area (Å²) < 4.78 is 5.25. The molecule has 2 fully saturated rings. The fourth-order valence-electron chi connectivity index (χ4n) is 3.29. The van der Waals surface area contributed by atoms with Crippen LogP contribution in [0.4, 0.5) is 0 Å². The quantitative estimate of drug-likeness (QED) is 0.449. The van der Waals surface area contributed by atoms with Gasteiger partial charge >= 0.3 is 0 Å². The minimum Gasteiger partial charge on any atom is -0.598 e. The highest BCUT2D eigenvalue weighted by Gasteiger charge is 2.55. The number of hydroxylamine groups is 4. The van der Waals surface area contributed by atoms with Crippen molar-refractivity contribution in [2.45, 2.75) is 64.1 Å². The molecule has 0 aromatic rings. The monoisotopic (exact) mass is 229 g/mol. The highest BCUT2D eigenvalue weighted by molar-refractivity contribution is 4.91. The number of hydrogen-bond acceptors (Lipinski definition) is 3. The lowest BCUT2D eigenvalue weighted by atomic mass is 9.73. The second-order valence-electron chi connectivity index (χ2n) is 6.67. The molecule has 1 N–H and O–H groups in total. The lowest BCUT2D eigenvalue weighted by Gasteiger charge is -2.60. The van der Waals surface area contributed by atoms with Crippen molar-refractivity contribution in [2.75, 3.05) is 6.61 Å². The second kappa shape index (κ2) is 3.42. The lowest BCUT2D eigenvalue weighted by Crippen LogP contribution is -2.69. The number of piperidine rings is 1. The van der Waals surface area contributed by atoms with Gasteiger partial charge in [-0.3, -0.25) is 0 Å². The van der Waals surface area contributed by atoms with E-state index in [0.717, 1.165) is 25.9 Å². The largest absolute Gasteiger partial charge is 0.598 e. The Morgan fingerprint density at radius 2 is 1.69 bits per heavy atom. The van der Waals surface area contributed by atoms with E-state index in [9.17, 15) is 10.4 Å². The molecule has 0 aromatic carbocycles. The summed E-state index contributed by atoms with van der Waals surface area (Å²) in [4.78, 5) is -1.12. The van der Waals surface area contributed by atoms with E-state index in [4.69, 9.17) is 4.74 Å². The highest BCUT2D eigenvalue weighted by Crippen LogP contribution is 2.47. The number of rotatable bonds is 2. The smallest absolute Gasteiger partial charge is 0.123 e. The van der Waals surface area contributed by atoms with Crippen molar-refractivity contribution in [3.05, 3.63) is 5.21 Å². The van der Waals surface area contributed by atoms with Crippen LogP contribution in [-0.2, 0) is 4.74 Å². The van der Waals surface area contributed by atoms with Crippen molar-refractivity contribution in [1.29, 1.82) is 0 Å². The molecule has 94 valence electrons. The minimum atomic E-state index is -1.12. The van der Waals surface area contributed by atoms with Gasteiger partial charge in [-0.05, 0) is 40.0 Å². The standard InChI is InChI=1S/C12H23NO3/c1-11(2)6-9(5-10-8-16-10)7-12(3,4)13(11,14)15/h9-10,14H,5-8H2,1-4H3. The first-order valence-corrected chi connectivity index (χ1v) is 6.10. The Morgan fingerprint density at radius 3 is 2.06 bits per heavy atom. The van der Waals surface area contributed by atoms with E-state index in [1.165, 1.54) is 0 Å². The van der Waals surface area contributed by atoms with Gasteiger partial charge in [0, 0.05) is 12.8 Å². The summed E-state index contributed by atoms with van der Waals surface area (Å²) in [5.41, 5.74) is -1.25. The van der Waals surface area contributed by atoms with Gasteiger partial charge in [-0.2, -0.15) is 0 Å². The van der Waals surface area contributed by atoms with Gasteiger partial charge in [0.2, 0.25) is 0 Å². The topological polar surface area (TPSA) is 55.8 Å². The fourth-order valence-corrected chi connectivity index (χ4v) is 3.29. The van der Waals surface area contributed by atoms with Crippen LogP contribution in [0.15, 0.2) is 0 Å². The maximum absolute atomic E-state index is 12.3. The van der Waals surface area contributed by atoms with Crippen molar-refractivity contribution in [3.63, 3.8) is 0 Å². The molecular formula is C12H23NO3. The first-order chi connectivity index (χ1) is 7.16. The van der Waals surface area contributed by atoms with Gasteiger partial charge in [-0.1, -0.05) is 0 Å². The number of nitrogens with zero attached hydrogens (tertiary/aromatic N) is 1. The summed E-state index contributed by atoms with van der Waals surface area (Å²) in [7, 11) is 0. The fraction of sp³-hybridized carbons (Fsp3) is 1.00. The minimum absolute atomic E-state index is 0.405. The van der Waals surface area contributed by atoms with Gasteiger partial charge in [0.05, 0.1) is 12.7 Å². The van der Waals surface area contributed by atoms with E-state index in [0.29, 0.717) is 12.0 Å². The summed E-state index contributed by atoms with van der Waals surface area (Å²) >= 11 is 0. The Morgan fingerprint density at radius 1 is 1.25 bits per heavy atom. The molecular weight excluding hydrogens is 206 g/mol. The normalized spacial score (nSPS) is 45.4. The van der Waals surface area contributed by atoms with Crippen molar-refractivity contribution >= 4 is 0 Å². The van der Waals surface area contributed by atoms with Crippen LogP contribution in [0.2, 0.25) is 0 Å². The molecule has 2 aliphatic heterocycles. The summed E-state index contributed by atoms with van der Waals surface area (Å²) in [5.74, 6) is 0.491. The Labute approximate surface area is 97.3 Å². The maximum atomic E-state index is 12.3. The van der Waals surface area contributed by atoms with Crippen LogP contribution in [0.1, 0.15) is 47.0 Å². The van der Waals surface area contributed by atoms with Gasteiger partial charge < -0.3 is 9.94 Å². The van der Waals surface area contributed by atoms with Crippen LogP contribution in [0, 0.1) is 11.1 Å². The van der Waals surface area contributed by atoms with Crippen molar-refractivity contribution in [3.8, 4) is 0 Å². The molecule has 16 heavy (non-hydrogen) atoms. The van der Waals surface area contributed by atoms with Gasteiger partial charge in [0.25, 0.3) is 0 Å². The molecule has 0 saturated carbocycles. The molecule has 2 heterocycles. The van der Waals surface area contributed by atoms with E-state index in [-0.39, 0.29) is 0 Å². The average molecular weight is 229 g/mol. The maximum Gasteiger partial charge on any atom is 0.123 e. The van der Waals surface area contributed by atoms with Crippen LogP contribution in [-0.4, -0.2) is 33.8 Å². The summed E-state index contributed by atoms with van der Waals surface area (Å²) in [6, 6.07) is 0. The molecule has 2 rings (SSSR count). The van der Waals surface area contributed by atoms with E-state index < -0.39 is 15.9 Å². The van der Waals surface area contributed by atoms with Crippen LogP contribution in [0.3, 0.4) is 0 Å². The van der Waals surface area contributed by atoms with Gasteiger partial charge in [0.1, 0.15) is 11.1 Å². The third kappa shape index (κ3) is 1.88. The Bertz CT molecular complexity index is 262. The number of ether oxygens (including phenoxy) is 1. The van der Waals surface area contributed by atoms with E-state index in [1.54, 1.807) is 0 Å². The van der Waals surface area contributed by atoms with Crippen molar-refractivity contribution < 1.29 is 14.8 Å². The molecule has 1 unspecified atom stereocenters. The zero-order chi connectivity index (χ0) is 12.2. The van der Waals surface area contributed by atoms with Gasteiger partial charge in [-0.25, -0.2) is 10.0 Å².